The van der Waals surface area contributed by atoms with Crippen molar-refractivity contribution in [2.24, 2.45) is 5.84 Å². The molecule has 16 heavy (non-hydrogen) atoms. The molecule has 6 heteroatoms. The van der Waals surface area contributed by atoms with Crippen molar-refractivity contribution in [2.75, 3.05) is 19.0 Å². The van der Waals surface area contributed by atoms with Gasteiger partial charge in [0.25, 0.3) is 5.91 Å². The summed E-state index contributed by atoms with van der Waals surface area (Å²) in [5.41, 5.74) is 2.89. The number of hydrazine groups is 1. The van der Waals surface area contributed by atoms with E-state index in [0.29, 0.717) is 17.9 Å². The van der Waals surface area contributed by atoms with Crippen LogP contribution < -0.4 is 11.3 Å². The van der Waals surface area contributed by atoms with E-state index in [0.717, 1.165) is 10.9 Å². The SMILES string of the molecule is CCCN(C)C(=O)c1cc(Br)cnc1NN. The molecule has 1 aromatic rings. The topological polar surface area (TPSA) is 71.2 Å². The van der Waals surface area contributed by atoms with Crippen LogP contribution in [0.4, 0.5) is 5.82 Å². The molecule has 1 rings (SSSR count). The average Bonchev–Trinajstić information content (AvgIpc) is 2.28. The van der Waals surface area contributed by atoms with Crippen LogP contribution in [0.2, 0.25) is 0 Å². The second-order valence-corrected chi connectivity index (χ2v) is 4.34. The number of amides is 1. The van der Waals surface area contributed by atoms with Gasteiger partial charge in [0, 0.05) is 24.3 Å². The number of nitrogens with one attached hydrogen (secondary N) is 1. The zero-order valence-corrected chi connectivity index (χ0v) is 10.9. The monoisotopic (exact) mass is 286 g/mol. The van der Waals surface area contributed by atoms with Crippen molar-refractivity contribution in [3.8, 4) is 0 Å². The summed E-state index contributed by atoms with van der Waals surface area (Å²) in [5.74, 6) is 5.61. The molecule has 0 aromatic carbocycles. The Bertz CT molecular complexity index is 383. The van der Waals surface area contributed by atoms with Crippen LogP contribution in [0.5, 0.6) is 0 Å². The first-order chi connectivity index (χ1) is 7.60. The van der Waals surface area contributed by atoms with Crippen LogP contribution in [-0.2, 0) is 0 Å². The fourth-order valence-corrected chi connectivity index (χ4v) is 1.69. The number of carbonyl (C=O) groups excluding carboxylic acids is 1. The van der Waals surface area contributed by atoms with E-state index in [1.807, 2.05) is 6.92 Å². The predicted molar refractivity (Wildman–Crippen MR) is 67.0 cm³/mol. The van der Waals surface area contributed by atoms with Crippen LogP contribution in [0.3, 0.4) is 0 Å². The molecule has 0 aliphatic heterocycles. The molecule has 0 aliphatic rings. The number of rotatable bonds is 4. The Balaban J connectivity index is 3.01. The van der Waals surface area contributed by atoms with Crippen LogP contribution >= 0.6 is 15.9 Å². The summed E-state index contributed by atoms with van der Waals surface area (Å²) in [5, 5.41) is 0. The first kappa shape index (κ1) is 12.9. The van der Waals surface area contributed by atoms with Gasteiger partial charge < -0.3 is 10.3 Å². The van der Waals surface area contributed by atoms with E-state index in [1.54, 1.807) is 24.2 Å². The molecular formula is C10H15BrN4O. The van der Waals surface area contributed by atoms with Crippen molar-refractivity contribution >= 4 is 27.7 Å². The maximum Gasteiger partial charge on any atom is 0.257 e. The van der Waals surface area contributed by atoms with Crippen LogP contribution in [-0.4, -0.2) is 29.4 Å². The Hall–Kier alpha value is -1.14. The van der Waals surface area contributed by atoms with E-state index in [-0.39, 0.29) is 5.91 Å². The second-order valence-electron chi connectivity index (χ2n) is 3.42. The van der Waals surface area contributed by atoms with Crippen molar-refractivity contribution < 1.29 is 4.79 Å². The number of hydrogen-bond donors (Lipinski definition) is 2. The summed E-state index contributed by atoms with van der Waals surface area (Å²) in [6.07, 6.45) is 2.50. The Morgan fingerprint density at radius 1 is 1.69 bits per heavy atom. The number of carbonyl (C=O) groups is 1. The van der Waals surface area contributed by atoms with Gasteiger partial charge in [-0.15, -0.1) is 0 Å². The summed E-state index contributed by atoms with van der Waals surface area (Å²) in [6.45, 7) is 2.72. The number of aromatic nitrogens is 1. The lowest BCUT2D eigenvalue weighted by Crippen LogP contribution is -2.29. The maximum atomic E-state index is 12.0. The first-order valence-corrected chi connectivity index (χ1v) is 5.77. The number of nitrogens with two attached hydrogens (primary N) is 1. The third-order valence-electron chi connectivity index (χ3n) is 2.13. The van der Waals surface area contributed by atoms with E-state index in [4.69, 9.17) is 5.84 Å². The van der Waals surface area contributed by atoms with Gasteiger partial charge in [0.15, 0.2) is 5.82 Å². The minimum Gasteiger partial charge on any atom is -0.342 e. The van der Waals surface area contributed by atoms with Crippen molar-refractivity contribution in [1.82, 2.24) is 9.88 Å². The Labute approximate surface area is 103 Å². The number of halogens is 1. The van der Waals surface area contributed by atoms with Crippen molar-refractivity contribution in [3.63, 3.8) is 0 Å². The molecule has 0 bridgehead atoms. The molecule has 0 spiro atoms. The summed E-state index contributed by atoms with van der Waals surface area (Å²) in [7, 11) is 1.76. The third-order valence-corrected chi connectivity index (χ3v) is 2.56. The lowest BCUT2D eigenvalue weighted by molar-refractivity contribution is 0.0795. The molecule has 5 nitrogen and oxygen atoms in total. The van der Waals surface area contributed by atoms with Crippen LogP contribution in [0.1, 0.15) is 23.7 Å². The van der Waals surface area contributed by atoms with Crippen LogP contribution in [0.15, 0.2) is 16.7 Å². The van der Waals surface area contributed by atoms with Crippen LogP contribution in [0, 0.1) is 0 Å². The molecule has 3 N–H and O–H groups in total. The highest BCUT2D eigenvalue weighted by Gasteiger charge is 2.16. The van der Waals surface area contributed by atoms with E-state index in [9.17, 15) is 4.79 Å². The molecule has 1 aromatic heterocycles. The standard InChI is InChI=1S/C10H15BrN4O/c1-3-4-15(2)10(16)8-5-7(11)6-13-9(8)14-12/h5-6H,3-4,12H2,1-2H3,(H,13,14). The largest absolute Gasteiger partial charge is 0.342 e. The highest BCUT2D eigenvalue weighted by atomic mass is 79.9. The highest BCUT2D eigenvalue weighted by molar-refractivity contribution is 9.10. The maximum absolute atomic E-state index is 12.0. The Morgan fingerprint density at radius 3 is 2.94 bits per heavy atom. The van der Waals surface area contributed by atoms with E-state index in [2.05, 4.69) is 26.3 Å². The Morgan fingerprint density at radius 2 is 2.38 bits per heavy atom. The van der Waals surface area contributed by atoms with Gasteiger partial charge in [-0.2, -0.15) is 0 Å². The van der Waals surface area contributed by atoms with Gasteiger partial charge in [-0.05, 0) is 28.4 Å². The molecule has 1 heterocycles. The Kier molecular flexibility index (Phi) is 4.70. The third kappa shape index (κ3) is 2.93. The summed E-state index contributed by atoms with van der Waals surface area (Å²) >= 11 is 3.28. The van der Waals surface area contributed by atoms with Crippen LogP contribution in [0.25, 0.3) is 0 Å². The minimum atomic E-state index is -0.0939. The average molecular weight is 287 g/mol. The number of anilines is 1. The lowest BCUT2D eigenvalue weighted by Gasteiger charge is -2.17. The molecule has 0 aliphatic carbocycles. The number of pyridine rings is 1. The molecule has 1 amide bonds. The molecule has 0 atom stereocenters. The lowest BCUT2D eigenvalue weighted by atomic mass is 10.2. The molecule has 0 saturated carbocycles. The van der Waals surface area contributed by atoms with Gasteiger partial charge >= 0.3 is 0 Å². The van der Waals surface area contributed by atoms with E-state index in [1.165, 1.54) is 0 Å². The van der Waals surface area contributed by atoms with Gasteiger partial charge in [-0.3, -0.25) is 4.79 Å². The first-order valence-electron chi connectivity index (χ1n) is 4.97. The molecular weight excluding hydrogens is 272 g/mol. The molecule has 0 unspecified atom stereocenters. The zero-order chi connectivity index (χ0) is 12.1. The van der Waals surface area contributed by atoms with E-state index >= 15 is 0 Å². The number of nitrogen functional groups attached to an aromatic ring is 1. The predicted octanol–water partition coefficient (Wildman–Crippen LogP) is 1.61. The quantitative estimate of drug-likeness (QED) is 0.652. The summed E-state index contributed by atoms with van der Waals surface area (Å²) in [6, 6.07) is 1.71. The molecule has 88 valence electrons. The summed E-state index contributed by atoms with van der Waals surface area (Å²) < 4.78 is 0.750. The molecule has 0 fully saturated rings. The zero-order valence-electron chi connectivity index (χ0n) is 9.33. The van der Waals surface area contributed by atoms with Gasteiger partial charge in [0.1, 0.15) is 0 Å². The van der Waals surface area contributed by atoms with E-state index < -0.39 is 0 Å². The van der Waals surface area contributed by atoms with Crippen molar-refractivity contribution in [3.05, 3.63) is 22.3 Å². The number of nitrogens with zero attached hydrogens (tertiary/aromatic N) is 2. The van der Waals surface area contributed by atoms with Crippen molar-refractivity contribution in [2.45, 2.75) is 13.3 Å². The number of hydrogen-bond acceptors (Lipinski definition) is 4. The van der Waals surface area contributed by atoms with Crippen molar-refractivity contribution in [1.29, 1.82) is 0 Å². The smallest absolute Gasteiger partial charge is 0.257 e. The van der Waals surface area contributed by atoms with Gasteiger partial charge in [0.05, 0.1) is 5.56 Å². The fourth-order valence-electron chi connectivity index (χ4n) is 1.36. The van der Waals surface area contributed by atoms with Gasteiger partial charge in [0.2, 0.25) is 0 Å². The minimum absolute atomic E-state index is 0.0939. The fraction of sp³-hybridized carbons (Fsp3) is 0.400. The van der Waals surface area contributed by atoms with Gasteiger partial charge in [-0.25, -0.2) is 10.8 Å². The highest BCUT2D eigenvalue weighted by Crippen LogP contribution is 2.18. The normalized spacial score (nSPS) is 10.0. The summed E-state index contributed by atoms with van der Waals surface area (Å²) in [4.78, 5) is 17.7. The van der Waals surface area contributed by atoms with Gasteiger partial charge in [-0.1, -0.05) is 6.92 Å². The second kappa shape index (κ2) is 5.81. The molecule has 0 saturated heterocycles. The molecule has 0 radical (unpaired) electrons.